The Hall–Kier alpha value is 0.1000. The van der Waals surface area contributed by atoms with E-state index >= 15 is 0 Å². The summed E-state index contributed by atoms with van der Waals surface area (Å²) in [4.78, 5) is 3.84. The van der Waals surface area contributed by atoms with Gasteiger partial charge in [-0.15, -0.1) is 11.3 Å². The van der Waals surface area contributed by atoms with Crippen LogP contribution in [-0.4, -0.2) is 31.1 Å². The maximum Gasteiger partial charge on any atom is 0.0701 e. The minimum Gasteiger partial charge on any atom is -0.310 e. The first kappa shape index (κ1) is 14.5. The number of thiophene rings is 1. The molecule has 0 amide bonds. The van der Waals surface area contributed by atoms with Gasteiger partial charge < -0.3 is 10.2 Å². The highest BCUT2D eigenvalue weighted by Gasteiger charge is 2.33. The molecule has 2 nitrogen and oxygen atoms in total. The molecule has 1 aliphatic carbocycles. The van der Waals surface area contributed by atoms with Gasteiger partial charge in [0.2, 0.25) is 0 Å². The van der Waals surface area contributed by atoms with Gasteiger partial charge in [-0.3, -0.25) is 0 Å². The first-order valence-corrected chi connectivity index (χ1v) is 8.36. The Labute approximate surface area is 123 Å². The van der Waals surface area contributed by atoms with Crippen LogP contribution in [-0.2, 0) is 6.54 Å². The van der Waals surface area contributed by atoms with Crippen LogP contribution in [0.3, 0.4) is 0 Å². The third-order valence-corrected chi connectivity index (χ3v) is 5.74. The Balaban J connectivity index is 1.86. The van der Waals surface area contributed by atoms with E-state index in [1.807, 2.05) is 11.3 Å². The summed E-state index contributed by atoms with van der Waals surface area (Å²) < 4.78 is 1.22. The normalized spacial score (nSPS) is 19.3. The Morgan fingerprint density at radius 3 is 2.56 bits per heavy atom. The second kappa shape index (κ2) is 6.51. The summed E-state index contributed by atoms with van der Waals surface area (Å²) in [7, 11) is 4.46. The molecule has 1 heterocycles. The van der Waals surface area contributed by atoms with Crippen molar-refractivity contribution in [3.63, 3.8) is 0 Å². The van der Waals surface area contributed by atoms with E-state index in [-0.39, 0.29) is 0 Å². The van der Waals surface area contributed by atoms with Gasteiger partial charge in [-0.1, -0.05) is 19.3 Å². The van der Waals surface area contributed by atoms with Gasteiger partial charge in [-0.05, 0) is 55.0 Å². The average Bonchev–Trinajstić information content (AvgIpc) is 2.76. The van der Waals surface area contributed by atoms with Crippen molar-refractivity contribution in [3.05, 3.63) is 20.8 Å². The van der Waals surface area contributed by atoms with Gasteiger partial charge in [-0.25, -0.2) is 0 Å². The molecule has 4 heteroatoms. The molecular weight excluding hydrogens is 308 g/mol. The molecule has 0 aliphatic heterocycles. The second-order valence-corrected chi connectivity index (χ2v) is 8.04. The van der Waals surface area contributed by atoms with Gasteiger partial charge in [0.15, 0.2) is 0 Å². The Bertz CT molecular complexity index is 370. The van der Waals surface area contributed by atoms with E-state index in [2.05, 4.69) is 52.4 Å². The van der Waals surface area contributed by atoms with Crippen molar-refractivity contribution in [1.29, 1.82) is 0 Å². The fourth-order valence-electron chi connectivity index (χ4n) is 2.86. The molecule has 0 bridgehead atoms. The lowest BCUT2D eigenvalue weighted by atomic mass is 9.80. The third kappa shape index (κ3) is 3.56. The van der Waals surface area contributed by atoms with Crippen molar-refractivity contribution in [2.45, 2.75) is 44.2 Å². The Morgan fingerprint density at radius 1 is 1.28 bits per heavy atom. The van der Waals surface area contributed by atoms with Crippen LogP contribution >= 0.6 is 27.3 Å². The van der Waals surface area contributed by atoms with Crippen LogP contribution in [0.15, 0.2) is 15.9 Å². The van der Waals surface area contributed by atoms with Crippen LogP contribution in [0, 0.1) is 0 Å². The molecule has 0 atom stereocenters. The Morgan fingerprint density at radius 2 is 2.00 bits per heavy atom. The molecule has 18 heavy (non-hydrogen) atoms. The van der Waals surface area contributed by atoms with Crippen molar-refractivity contribution >= 4 is 27.3 Å². The molecule has 1 N–H and O–H groups in total. The van der Waals surface area contributed by atoms with Gasteiger partial charge >= 0.3 is 0 Å². The van der Waals surface area contributed by atoms with E-state index < -0.39 is 0 Å². The van der Waals surface area contributed by atoms with E-state index in [0.29, 0.717) is 5.54 Å². The van der Waals surface area contributed by atoms with Crippen molar-refractivity contribution in [1.82, 2.24) is 10.2 Å². The third-order valence-electron chi connectivity index (χ3n) is 4.12. The van der Waals surface area contributed by atoms with Crippen LogP contribution < -0.4 is 5.32 Å². The van der Waals surface area contributed by atoms with Crippen molar-refractivity contribution in [2.75, 3.05) is 20.6 Å². The molecule has 0 radical (unpaired) electrons. The zero-order valence-corrected chi connectivity index (χ0v) is 13.7. The van der Waals surface area contributed by atoms with Crippen molar-refractivity contribution in [3.8, 4) is 0 Å². The number of nitrogens with one attached hydrogen (secondary N) is 1. The Kier molecular flexibility index (Phi) is 5.24. The number of hydrogen-bond donors (Lipinski definition) is 1. The summed E-state index contributed by atoms with van der Waals surface area (Å²) in [6, 6.07) is 4.33. The molecule has 0 aromatic carbocycles. The summed E-state index contributed by atoms with van der Waals surface area (Å²) in [6.45, 7) is 2.10. The number of likely N-dealkylation sites (N-methyl/N-ethyl adjacent to an activating group) is 1. The van der Waals surface area contributed by atoms with Gasteiger partial charge in [0, 0.05) is 23.5 Å². The van der Waals surface area contributed by atoms with Crippen LogP contribution in [0.1, 0.15) is 37.0 Å². The highest BCUT2D eigenvalue weighted by molar-refractivity contribution is 9.11. The van der Waals surface area contributed by atoms with Gasteiger partial charge in [-0.2, -0.15) is 0 Å². The predicted octanol–water partition coefficient (Wildman–Crippen LogP) is 3.86. The van der Waals surface area contributed by atoms with E-state index in [1.165, 1.54) is 40.8 Å². The summed E-state index contributed by atoms with van der Waals surface area (Å²) in [5.41, 5.74) is 0.382. The maximum absolute atomic E-state index is 3.65. The maximum atomic E-state index is 3.65. The van der Waals surface area contributed by atoms with Crippen LogP contribution in [0.25, 0.3) is 0 Å². The summed E-state index contributed by atoms with van der Waals surface area (Å²) in [5.74, 6) is 0. The number of rotatable bonds is 5. The first-order chi connectivity index (χ1) is 8.62. The zero-order chi connectivity index (χ0) is 13.0. The number of hydrogen-bond acceptors (Lipinski definition) is 3. The minimum absolute atomic E-state index is 0.382. The molecule has 1 aromatic heterocycles. The fraction of sp³-hybridized carbons (Fsp3) is 0.714. The molecule has 0 saturated heterocycles. The standard InChI is InChI=1S/C14H23BrN2S/c1-17(2)14(8-4-3-5-9-14)11-16-10-12-6-7-13(15)18-12/h6-7,16H,3-5,8-11H2,1-2H3. The molecule has 0 unspecified atom stereocenters. The lowest BCUT2D eigenvalue weighted by Gasteiger charge is -2.43. The molecule has 0 spiro atoms. The first-order valence-electron chi connectivity index (χ1n) is 6.75. The van der Waals surface area contributed by atoms with E-state index in [1.54, 1.807) is 0 Å². The van der Waals surface area contributed by atoms with Gasteiger partial charge in [0.05, 0.1) is 3.79 Å². The minimum atomic E-state index is 0.382. The van der Waals surface area contributed by atoms with E-state index in [9.17, 15) is 0 Å². The van der Waals surface area contributed by atoms with E-state index in [4.69, 9.17) is 0 Å². The summed E-state index contributed by atoms with van der Waals surface area (Å²) >= 11 is 5.34. The van der Waals surface area contributed by atoms with Crippen LogP contribution in [0.4, 0.5) is 0 Å². The lowest BCUT2D eigenvalue weighted by Crippen LogP contribution is -2.52. The quantitative estimate of drug-likeness (QED) is 0.881. The monoisotopic (exact) mass is 330 g/mol. The average molecular weight is 331 g/mol. The van der Waals surface area contributed by atoms with Crippen LogP contribution in [0.2, 0.25) is 0 Å². The van der Waals surface area contributed by atoms with E-state index in [0.717, 1.165) is 13.1 Å². The molecule has 1 aliphatic rings. The highest BCUT2D eigenvalue weighted by atomic mass is 79.9. The number of nitrogens with zero attached hydrogens (tertiary/aromatic N) is 1. The highest BCUT2D eigenvalue weighted by Crippen LogP contribution is 2.31. The molecule has 1 fully saturated rings. The fourth-order valence-corrected chi connectivity index (χ4v) is 4.31. The summed E-state index contributed by atoms with van der Waals surface area (Å²) in [5, 5.41) is 3.65. The zero-order valence-electron chi connectivity index (χ0n) is 11.3. The van der Waals surface area contributed by atoms with Crippen LogP contribution in [0.5, 0.6) is 0 Å². The summed E-state index contributed by atoms with van der Waals surface area (Å²) in [6.07, 6.45) is 6.84. The molecule has 1 aromatic rings. The smallest absolute Gasteiger partial charge is 0.0701 e. The van der Waals surface area contributed by atoms with Crippen molar-refractivity contribution in [2.24, 2.45) is 0 Å². The number of halogens is 1. The van der Waals surface area contributed by atoms with Crippen molar-refractivity contribution < 1.29 is 0 Å². The van der Waals surface area contributed by atoms with Gasteiger partial charge in [0.1, 0.15) is 0 Å². The topological polar surface area (TPSA) is 15.3 Å². The molecular formula is C14H23BrN2S. The largest absolute Gasteiger partial charge is 0.310 e. The second-order valence-electron chi connectivity index (χ2n) is 5.49. The molecule has 102 valence electrons. The predicted molar refractivity (Wildman–Crippen MR) is 83.2 cm³/mol. The lowest BCUT2D eigenvalue weighted by molar-refractivity contribution is 0.0985. The van der Waals surface area contributed by atoms with Gasteiger partial charge in [0.25, 0.3) is 0 Å². The molecule has 2 rings (SSSR count). The molecule has 1 saturated carbocycles. The SMILES string of the molecule is CN(C)C1(CNCc2ccc(Br)s2)CCCCC1.